The van der Waals surface area contributed by atoms with Crippen LogP contribution in [0.1, 0.15) is 13.3 Å². The van der Waals surface area contributed by atoms with Crippen molar-refractivity contribution < 1.29 is 22.7 Å². The van der Waals surface area contributed by atoms with E-state index in [9.17, 15) is 13.2 Å². The summed E-state index contributed by atoms with van der Waals surface area (Å²) in [5, 5.41) is 0. The van der Waals surface area contributed by atoms with Crippen molar-refractivity contribution in [3.05, 3.63) is 0 Å². The number of nitrogens with zero attached hydrogens (tertiary/aromatic N) is 2. The van der Waals surface area contributed by atoms with Crippen LogP contribution in [0.4, 0.5) is 0 Å². The van der Waals surface area contributed by atoms with E-state index in [1.54, 1.807) is 4.90 Å². The average Bonchev–Trinajstić information content (AvgIpc) is 2.46. The van der Waals surface area contributed by atoms with E-state index in [0.717, 1.165) is 0 Å². The number of ether oxygens (including phenoxy) is 2. The van der Waals surface area contributed by atoms with E-state index in [2.05, 4.69) is 0 Å². The van der Waals surface area contributed by atoms with Crippen molar-refractivity contribution in [1.29, 1.82) is 0 Å². The Labute approximate surface area is 119 Å². The first-order valence-electron chi connectivity index (χ1n) is 6.93. The number of hydrogen-bond acceptors (Lipinski definition) is 5. The van der Waals surface area contributed by atoms with Gasteiger partial charge >= 0.3 is 0 Å². The third-order valence-electron chi connectivity index (χ3n) is 3.63. The topological polar surface area (TPSA) is 76.2 Å². The zero-order valence-corrected chi connectivity index (χ0v) is 12.6. The van der Waals surface area contributed by atoms with E-state index in [1.165, 1.54) is 4.31 Å². The highest BCUT2D eigenvalue weighted by molar-refractivity contribution is 7.89. The number of sulfonamides is 1. The Bertz CT molecular complexity index is 433. The van der Waals surface area contributed by atoms with Crippen LogP contribution in [-0.2, 0) is 24.3 Å². The molecule has 1 atom stereocenters. The van der Waals surface area contributed by atoms with E-state index >= 15 is 0 Å². The van der Waals surface area contributed by atoms with Crippen LogP contribution in [0.3, 0.4) is 0 Å². The summed E-state index contributed by atoms with van der Waals surface area (Å²) >= 11 is 0. The van der Waals surface area contributed by atoms with Gasteiger partial charge in [0.1, 0.15) is 0 Å². The number of morpholine rings is 2. The van der Waals surface area contributed by atoms with E-state index in [4.69, 9.17) is 9.47 Å². The summed E-state index contributed by atoms with van der Waals surface area (Å²) in [5.74, 6) is -0.242. The Kier molecular flexibility index (Phi) is 5.36. The molecule has 0 aliphatic carbocycles. The second-order valence-corrected chi connectivity index (χ2v) is 7.18. The fourth-order valence-corrected chi connectivity index (χ4v) is 3.81. The Morgan fingerprint density at radius 3 is 2.45 bits per heavy atom. The highest BCUT2D eigenvalue weighted by Gasteiger charge is 2.28. The second-order valence-electron chi connectivity index (χ2n) is 5.09. The lowest BCUT2D eigenvalue weighted by atomic mass is 10.2. The molecule has 2 heterocycles. The van der Waals surface area contributed by atoms with Crippen LogP contribution in [0.25, 0.3) is 0 Å². The summed E-state index contributed by atoms with van der Waals surface area (Å²) in [4.78, 5) is 13.8. The molecule has 2 fully saturated rings. The fraction of sp³-hybridized carbons (Fsp3) is 0.917. The van der Waals surface area contributed by atoms with Gasteiger partial charge in [-0.1, -0.05) is 0 Å². The molecule has 0 radical (unpaired) electrons. The number of rotatable bonds is 4. The van der Waals surface area contributed by atoms with Crippen molar-refractivity contribution >= 4 is 15.9 Å². The first-order chi connectivity index (χ1) is 9.50. The summed E-state index contributed by atoms with van der Waals surface area (Å²) in [5.41, 5.74) is 0. The van der Waals surface area contributed by atoms with Crippen LogP contribution in [0.2, 0.25) is 0 Å². The molecule has 20 heavy (non-hydrogen) atoms. The van der Waals surface area contributed by atoms with Gasteiger partial charge in [0.25, 0.3) is 0 Å². The largest absolute Gasteiger partial charge is 0.379 e. The zero-order valence-electron chi connectivity index (χ0n) is 11.8. The van der Waals surface area contributed by atoms with E-state index < -0.39 is 10.0 Å². The molecule has 2 rings (SSSR count). The highest BCUT2D eigenvalue weighted by Crippen LogP contribution is 2.11. The van der Waals surface area contributed by atoms with Gasteiger partial charge in [-0.15, -0.1) is 0 Å². The van der Waals surface area contributed by atoms with Crippen molar-refractivity contribution in [1.82, 2.24) is 9.21 Å². The minimum atomic E-state index is -3.36. The van der Waals surface area contributed by atoms with Crippen LogP contribution in [0.15, 0.2) is 0 Å². The lowest BCUT2D eigenvalue weighted by Crippen LogP contribution is -2.48. The summed E-state index contributed by atoms with van der Waals surface area (Å²) in [6, 6.07) is 0.0161. The summed E-state index contributed by atoms with van der Waals surface area (Å²) in [6.07, 6.45) is 0.0318. The molecular weight excluding hydrogens is 284 g/mol. The molecule has 8 heteroatoms. The predicted molar refractivity (Wildman–Crippen MR) is 72.8 cm³/mol. The summed E-state index contributed by atoms with van der Waals surface area (Å²) in [7, 11) is -3.36. The van der Waals surface area contributed by atoms with Crippen LogP contribution in [-0.4, -0.2) is 81.4 Å². The molecule has 0 aromatic rings. The fourth-order valence-electron chi connectivity index (χ4n) is 2.41. The zero-order chi connectivity index (χ0) is 14.6. The van der Waals surface area contributed by atoms with Crippen molar-refractivity contribution in [3.8, 4) is 0 Å². The normalized spacial score (nSPS) is 25.6. The minimum Gasteiger partial charge on any atom is -0.379 e. The molecule has 0 aromatic carbocycles. The molecule has 2 aliphatic rings. The Balaban J connectivity index is 1.85. The molecule has 2 aliphatic heterocycles. The van der Waals surface area contributed by atoms with Crippen molar-refractivity contribution in [2.24, 2.45) is 0 Å². The number of amides is 1. The number of carbonyl (C=O) groups excluding carboxylic acids is 1. The van der Waals surface area contributed by atoms with Crippen LogP contribution < -0.4 is 0 Å². The Morgan fingerprint density at radius 2 is 1.80 bits per heavy atom. The maximum atomic E-state index is 12.1. The van der Waals surface area contributed by atoms with Gasteiger partial charge in [0.15, 0.2) is 0 Å². The van der Waals surface area contributed by atoms with Crippen molar-refractivity contribution in [2.45, 2.75) is 19.4 Å². The van der Waals surface area contributed by atoms with Crippen molar-refractivity contribution in [3.63, 3.8) is 0 Å². The van der Waals surface area contributed by atoms with Crippen LogP contribution in [0, 0.1) is 0 Å². The van der Waals surface area contributed by atoms with Gasteiger partial charge < -0.3 is 14.4 Å². The molecule has 116 valence electrons. The van der Waals surface area contributed by atoms with E-state index in [1.807, 2.05) is 6.92 Å². The molecule has 0 N–H and O–H groups in total. The van der Waals surface area contributed by atoms with Gasteiger partial charge in [0.05, 0.1) is 38.2 Å². The Hall–Kier alpha value is -0.700. The maximum absolute atomic E-state index is 12.1. The minimum absolute atomic E-state index is 0.0161. The molecule has 7 nitrogen and oxygen atoms in total. The van der Waals surface area contributed by atoms with Gasteiger partial charge in [0.2, 0.25) is 15.9 Å². The van der Waals surface area contributed by atoms with Gasteiger partial charge in [0, 0.05) is 26.1 Å². The molecule has 0 aromatic heterocycles. The molecule has 2 saturated heterocycles. The van der Waals surface area contributed by atoms with Gasteiger partial charge in [-0.3, -0.25) is 4.79 Å². The van der Waals surface area contributed by atoms with E-state index in [0.29, 0.717) is 46.1 Å². The highest BCUT2D eigenvalue weighted by atomic mass is 32.2. The molecule has 1 amide bonds. The Morgan fingerprint density at radius 1 is 1.15 bits per heavy atom. The van der Waals surface area contributed by atoms with Gasteiger partial charge in [-0.25, -0.2) is 8.42 Å². The third kappa shape index (κ3) is 3.91. The molecule has 0 spiro atoms. The maximum Gasteiger partial charge on any atom is 0.224 e. The molecule has 0 saturated carbocycles. The number of hydrogen-bond donors (Lipinski definition) is 0. The smallest absolute Gasteiger partial charge is 0.224 e. The van der Waals surface area contributed by atoms with Gasteiger partial charge in [-0.05, 0) is 6.92 Å². The average molecular weight is 306 g/mol. The van der Waals surface area contributed by atoms with Gasteiger partial charge in [-0.2, -0.15) is 4.31 Å². The first kappa shape index (κ1) is 15.7. The third-order valence-corrected chi connectivity index (χ3v) is 5.50. The van der Waals surface area contributed by atoms with E-state index in [-0.39, 0.29) is 24.1 Å². The van der Waals surface area contributed by atoms with Crippen LogP contribution >= 0.6 is 0 Å². The molecule has 0 bridgehead atoms. The van der Waals surface area contributed by atoms with Crippen LogP contribution in [0.5, 0.6) is 0 Å². The standard InChI is InChI=1S/C12H22N2O5S/c1-11-10-19-8-5-14(11)12(15)2-9-20(16,17)13-3-6-18-7-4-13/h11H,2-10H2,1H3. The second kappa shape index (κ2) is 6.84. The first-order valence-corrected chi connectivity index (χ1v) is 8.54. The molecular formula is C12H22N2O5S. The van der Waals surface area contributed by atoms with Crippen molar-refractivity contribution in [2.75, 3.05) is 51.8 Å². The predicted octanol–water partition coefficient (Wildman–Crippen LogP) is -0.714. The quantitative estimate of drug-likeness (QED) is 0.685. The summed E-state index contributed by atoms with van der Waals surface area (Å²) in [6.45, 7) is 5.09. The summed E-state index contributed by atoms with van der Waals surface area (Å²) < 4.78 is 36.1. The number of carbonyl (C=O) groups is 1. The molecule has 1 unspecified atom stereocenters. The lowest BCUT2D eigenvalue weighted by molar-refractivity contribution is -0.138. The monoisotopic (exact) mass is 306 g/mol. The lowest BCUT2D eigenvalue weighted by Gasteiger charge is -2.33. The SMILES string of the molecule is CC1COCCN1C(=O)CCS(=O)(=O)N1CCOCC1.